The Balaban J connectivity index is 1.38. The molecule has 0 saturated carbocycles. The number of nitrogens with one attached hydrogen (secondary N) is 1. The lowest BCUT2D eigenvalue weighted by atomic mass is 10.2. The van der Waals surface area contributed by atoms with Crippen LogP contribution < -0.4 is 9.62 Å². The summed E-state index contributed by atoms with van der Waals surface area (Å²) in [5.41, 5.74) is 0.844. The Hall–Kier alpha value is -3.02. The standard InChI is InChI=1S/C20H22ClN7O3S/c1-15(23-32(30,31)18-9-7-16(21)8-10-18)19(29)26-11-13-27(14-12-26)20-22-24-25-28(20)17-5-3-2-4-6-17/h2-10,15,23H,11-14H2,1H3/t15-/m0/s1. The maximum absolute atomic E-state index is 12.9. The highest BCUT2D eigenvalue weighted by Crippen LogP contribution is 2.18. The van der Waals surface area contributed by atoms with Crippen molar-refractivity contribution in [1.29, 1.82) is 0 Å². The van der Waals surface area contributed by atoms with E-state index in [-0.39, 0.29) is 10.8 Å². The van der Waals surface area contributed by atoms with Crippen LogP contribution >= 0.6 is 11.6 Å². The SMILES string of the molecule is C[C@H](NS(=O)(=O)c1ccc(Cl)cc1)C(=O)N1CCN(c2nnnn2-c2ccccc2)CC1. The fraction of sp³-hybridized carbons (Fsp3) is 0.300. The molecule has 2 heterocycles. The van der Waals surface area contributed by atoms with Crippen LogP contribution in [0, 0.1) is 0 Å². The highest BCUT2D eigenvalue weighted by molar-refractivity contribution is 7.89. The second-order valence-electron chi connectivity index (χ2n) is 7.34. The van der Waals surface area contributed by atoms with Crippen molar-refractivity contribution >= 4 is 33.5 Å². The van der Waals surface area contributed by atoms with Gasteiger partial charge in [-0.1, -0.05) is 34.9 Å². The molecule has 12 heteroatoms. The molecule has 3 aromatic rings. The molecule has 1 atom stereocenters. The van der Waals surface area contributed by atoms with Gasteiger partial charge < -0.3 is 9.80 Å². The van der Waals surface area contributed by atoms with Gasteiger partial charge >= 0.3 is 0 Å². The van der Waals surface area contributed by atoms with Crippen molar-refractivity contribution in [3.05, 3.63) is 59.6 Å². The van der Waals surface area contributed by atoms with E-state index in [0.717, 1.165) is 5.69 Å². The van der Waals surface area contributed by atoms with Crippen molar-refractivity contribution in [3.63, 3.8) is 0 Å². The minimum atomic E-state index is -3.84. The van der Waals surface area contributed by atoms with Crippen molar-refractivity contribution in [2.75, 3.05) is 31.1 Å². The van der Waals surface area contributed by atoms with E-state index in [4.69, 9.17) is 11.6 Å². The Bertz CT molecular complexity index is 1180. The molecule has 2 aromatic carbocycles. The van der Waals surface area contributed by atoms with Crippen molar-refractivity contribution in [2.24, 2.45) is 0 Å². The molecule has 0 unspecified atom stereocenters. The third-order valence-corrected chi connectivity index (χ3v) is 6.96. The van der Waals surface area contributed by atoms with E-state index in [1.807, 2.05) is 35.2 Å². The molecule has 1 aliphatic rings. The van der Waals surface area contributed by atoms with Gasteiger partial charge in [-0.05, 0) is 53.7 Å². The molecule has 1 N–H and O–H groups in total. The van der Waals surface area contributed by atoms with Crippen LogP contribution in [-0.4, -0.2) is 71.7 Å². The largest absolute Gasteiger partial charge is 0.338 e. The number of piperazine rings is 1. The van der Waals surface area contributed by atoms with Gasteiger partial charge in [-0.2, -0.15) is 9.40 Å². The first-order valence-corrected chi connectivity index (χ1v) is 11.9. The van der Waals surface area contributed by atoms with Gasteiger partial charge in [0.2, 0.25) is 21.9 Å². The maximum Gasteiger partial charge on any atom is 0.250 e. The lowest BCUT2D eigenvalue weighted by Gasteiger charge is -2.36. The Morgan fingerprint density at radius 3 is 2.34 bits per heavy atom. The van der Waals surface area contributed by atoms with Gasteiger partial charge in [0, 0.05) is 31.2 Å². The summed E-state index contributed by atoms with van der Waals surface area (Å²) < 4.78 is 29.2. The zero-order chi connectivity index (χ0) is 22.7. The van der Waals surface area contributed by atoms with Crippen LogP contribution in [0.5, 0.6) is 0 Å². The predicted octanol–water partition coefficient (Wildman–Crippen LogP) is 1.33. The summed E-state index contributed by atoms with van der Waals surface area (Å²) in [5, 5.41) is 12.4. The summed E-state index contributed by atoms with van der Waals surface area (Å²) in [5.74, 6) is 0.310. The van der Waals surface area contributed by atoms with Crippen LogP contribution in [0.4, 0.5) is 5.95 Å². The number of benzene rings is 2. The Labute approximate surface area is 190 Å². The molecule has 1 aliphatic heterocycles. The van der Waals surface area contributed by atoms with Crippen molar-refractivity contribution < 1.29 is 13.2 Å². The smallest absolute Gasteiger partial charge is 0.250 e. The Morgan fingerprint density at radius 1 is 1.03 bits per heavy atom. The molecule has 1 saturated heterocycles. The topological polar surface area (TPSA) is 113 Å². The first-order valence-electron chi connectivity index (χ1n) is 10.0. The Morgan fingerprint density at radius 2 is 1.69 bits per heavy atom. The molecule has 1 aromatic heterocycles. The lowest BCUT2D eigenvalue weighted by molar-refractivity contribution is -0.132. The second kappa shape index (κ2) is 9.23. The number of hydrogen-bond acceptors (Lipinski definition) is 7. The number of carbonyl (C=O) groups is 1. The molecule has 0 bridgehead atoms. The summed E-state index contributed by atoms with van der Waals surface area (Å²) in [6, 6.07) is 14.4. The molecule has 1 fully saturated rings. The molecular formula is C20H22ClN7O3S. The van der Waals surface area contributed by atoms with E-state index in [1.165, 1.54) is 31.2 Å². The number of carbonyl (C=O) groups excluding carboxylic acids is 1. The van der Waals surface area contributed by atoms with E-state index >= 15 is 0 Å². The van der Waals surface area contributed by atoms with Crippen LogP contribution in [0.3, 0.4) is 0 Å². The van der Waals surface area contributed by atoms with Gasteiger partial charge in [0.25, 0.3) is 0 Å². The predicted molar refractivity (Wildman–Crippen MR) is 119 cm³/mol. The summed E-state index contributed by atoms with van der Waals surface area (Å²) >= 11 is 5.82. The van der Waals surface area contributed by atoms with E-state index in [0.29, 0.717) is 37.1 Å². The van der Waals surface area contributed by atoms with E-state index in [9.17, 15) is 13.2 Å². The van der Waals surface area contributed by atoms with Gasteiger partial charge in [-0.15, -0.1) is 0 Å². The quantitative estimate of drug-likeness (QED) is 0.572. The zero-order valence-electron chi connectivity index (χ0n) is 17.3. The number of rotatable bonds is 6. The monoisotopic (exact) mass is 475 g/mol. The van der Waals surface area contributed by atoms with E-state index in [2.05, 4.69) is 20.2 Å². The van der Waals surface area contributed by atoms with E-state index in [1.54, 1.807) is 9.58 Å². The molecule has 0 aliphatic carbocycles. The van der Waals surface area contributed by atoms with Crippen LogP contribution in [0.15, 0.2) is 59.5 Å². The Kier molecular flexibility index (Phi) is 6.40. The minimum Gasteiger partial charge on any atom is -0.338 e. The lowest BCUT2D eigenvalue weighted by Crippen LogP contribution is -2.54. The molecule has 10 nitrogen and oxygen atoms in total. The van der Waals surface area contributed by atoms with Gasteiger partial charge in [0.15, 0.2) is 0 Å². The average Bonchev–Trinajstić information content (AvgIpc) is 3.29. The molecule has 1 amide bonds. The van der Waals surface area contributed by atoms with Crippen LogP contribution in [0.25, 0.3) is 5.69 Å². The molecule has 0 radical (unpaired) electrons. The van der Waals surface area contributed by atoms with Crippen LogP contribution in [-0.2, 0) is 14.8 Å². The number of tetrazole rings is 1. The summed E-state index contributed by atoms with van der Waals surface area (Å²) in [6.45, 7) is 3.43. The molecule has 168 valence electrons. The zero-order valence-corrected chi connectivity index (χ0v) is 18.9. The number of sulfonamides is 1. The van der Waals surface area contributed by atoms with Gasteiger partial charge in [0.05, 0.1) is 16.6 Å². The highest BCUT2D eigenvalue weighted by Gasteiger charge is 2.29. The van der Waals surface area contributed by atoms with Crippen molar-refractivity contribution in [1.82, 2.24) is 29.8 Å². The van der Waals surface area contributed by atoms with Crippen LogP contribution in [0.2, 0.25) is 5.02 Å². The van der Waals surface area contributed by atoms with E-state index < -0.39 is 16.1 Å². The summed E-state index contributed by atoms with van der Waals surface area (Å²) in [6.07, 6.45) is 0. The maximum atomic E-state index is 12.9. The number of nitrogens with zero attached hydrogens (tertiary/aromatic N) is 6. The molecular weight excluding hydrogens is 454 g/mol. The van der Waals surface area contributed by atoms with Gasteiger partial charge in [0.1, 0.15) is 0 Å². The minimum absolute atomic E-state index is 0.0547. The number of halogens is 1. The number of anilines is 1. The number of para-hydroxylation sites is 1. The second-order valence-corrected chi connectivity index (χ2v) is 9.49. The molecule has 4 rings (SSSR count). The molecule has 32 heavy (non-hydrogen) atoms. The third-order valence-electron chi connectivity index (χ3n) is 5.15. The van der Waals surface area contributed by atoms with Crippen molar-refractivity contribution in [2.45, 2.75) is 17.9 Å². The summed E-state index contributed by atoms with van der Waals surface area (Å²) in [4.78, 5) is 16.6. The number of hydrogen-bond donors (Lipinski definition) is 1. The first kappa shape index (κ1) is 22.2. The highest BCUT2D eigenvalue weighted by atomic mass is 35.5. The number of amides is 1. The van der Waals surface area contributed by atoms with Crippen LogP contribution in [0.1, 0.15) is 6.92 Å². The van der Waals surface area contributed by atoms with Gasteiger partial charge in [-0.25, -0.2) is 8.42 Å². The normalized spacial score (nSPS) is 15.6. The summed E-state index contributed by atoms with van der Waals surface area (Å²) in [7, 11) is -3.84. The molecule has 0 spiro atoms. The fourth-order valence-corrected chi connectivity index (χ4v) is 4.80. The van der Waals surface area contributed by atoms with Gasteiger partial charge in [-0.3, -0.25) is 4.79 Å². The average molecular weight is 476 g/mol. The first-order chi connectivity index (χ1) is 15.3. The fourth-order valence-electron chi connectivity index (χ4n) is 3.48. The van der Waals surface area contributed by atoms with Crippen molar-refractivity contribution in [3.8, 4) is 5.69 Å². The number of aromatic nitrogens is 4. The third kappa shape index (κ3) is 4.74.